The maximum absolute atomic E-state index is 10.8. The molecule has 0 amide bonds. The lowest BCUT2D eigenvalue weighted by Gasteiger charge is -2.11. The molecule has 8 nitrogen and oxygen atoms in total. The summed E-state index contributed by atoms with van der Waals surface area (Å²) >= 11 is 0. The van der Waals surface area contributed by atoms with Crippen LogP contribution in [0.1, 0.15) is 6.92 Å². The molecule has 1 aromatic heterocycles. The highest BCUT2D eigenvalue weighted by atomic mass is 16.6. The molecule has 0 aliphatic heterocycles. The van der Waals surface area contributed by atoms with Gasteiger partial charge in [-0.2, -0.15) is 0 Å². The van der Waals surface area contributed by atoms with E-state index in [1.54, 1.807) is 0 Å². The molecule has 1 unspecified atom stereocenters. The average Bonchev–Trinajstić information content (AvgIpc) is 2.35. The topological polar surface area (TPSA) is 126 Å². The molecule has 0 aliphatic carbocycles. The predicted molar refractivity (Wildman–Crippen MR) is 63.4 cm³/mol. The highest BCUT2D eigenvalue weighted by molar-refractivity contribution is 5.59. The largest absolute Gasteiger partial charge is 0.396 e. The van der Waals surface area contributed by atoms with E-state index in [9.17, 15) is 10.1 Å². The van der Waals surface area contributed by atoms with Crippen molar-refractivity contribution in [1.29, 1.82) is 0 Å². The van der Waals surface area contributed by atoms with Crippen molar-refractivity contribution in [2.75, 3.05) is 23.9 Å². The maximum Gasteiger partial charge on any atom is 0.311 e. The summed E-state index contributed by atoms with van der Waals surface area (Å²) in [5.74, 6) is 5.61. The molecule has 0 aromatic carbocycles. The van der Waals surface area contributed by atoms with E-state index in [2.05, 4.69) is 15.7 Å². The standard InChI is InChI=1S/C9H15N5O3/c1-6(5-15)4-11-9-7(14(16)17)2-3-8(12-9)13-10/h2-3,6,15H,4-5,10H2,1H3,(H2,11,12,13). The van der Waals surface area contributed by atoms with Gasteiger partial charge >= 0.3 is 5.69 Å². The number of nitrogens with two attached hydrogens (primary N) is 1. The first-order chi connectivity index (χ1) is 8.08. The van der Waals surface area contributed by atoms with Crippen LogP contribution in [-0.2, 0) is 0 Å². The number of nitrogen functional groups attached to an aromatic ring is 1. The van der Waals surface area contributed by atoms with E-state index in [4.69, 9.17) is 10.9 Å². The van der Waals surface area contributed by atoms with Gasteiger partial charge in [0.25, 0.3) is 0 Å². The van der Waals surface area contributed by atoms with Crippen molar-refractivity contribution in [1.82, 2.24) is 4.98 Å². The number of rotatable bonds is 6. The van der Waals surface area contributed by atoms with Crippen molar-refractivity contribution in [3.63, 3.8) is 0 Å². The summed E-state index contributed by atoms with van der Waals surface area (Å²) in [7, 11) is 0. The molecule has 0 radical (unpaired) electrons. The molecule has 1 aromatic rings. The van der Waals surface area contributed by atoms with Gasteiger partial charge in [0.1, 0.15) is 5.82 Å². The number of pyridine rings is 1. The second kappa shape index (κ2) is 5.97. The van der Waals surface area contributed by atoms with Crippen LogP contribution >= 0.6 is 0 Å². The van der Waals surface area contributed by atoms with Crippen molar-refractivity contribution < 1.29 is 10.0 Å². The highest BCUT2D eigenvalue weighted by Crippen LogP contribution is 2.23. The Labute approximate surface area is 98.0 Å². The molecular formula is C9H15N5O3. The lowest BCUT2D eigenvalue weighted by molar-refractivity contribution is -0.384. The molecule has 1 rings (SSSR count). The van der Waals surface area contributed by atoms with E-state index in [-0.39, 0.29) is 24.0 Å². The maximum atomic E-state index is 10.8. The van der Waals surface area contributed by atoms with Crippen LogP contribution in [0.15, 0.2) is 12.1 Å². The molecule has 0 spiro atoms. The van der Waals surface area contributed by atoms with Gasteiger partial charge in [-0.05, 0) is 12.0 Å². The number of aromatic nitrogens is 1. The Kier molecular flexibility index (Phi) is 4.61. The number of aliphatic hydroxyl groups excluding tert-OH is 1. The quantitative estimate of drug-likeness (QED) is 0.321. The molecule has 1 heterocycles. The van der Waals surface area contributed by atoms with Gasteiger partial charge in [0.15, 0.2) is 0 Å². The number of hydrogen-bond acceptors (Lipinski definition) is 7. The SMILES string of the molecule is CC(CO)CNc1nc(NN)ccc1[N+](=O)[O-]. The van der Waals surface area contributed by atoms with E-state index >= 15 is 0 Å². The smallest absolute Gasteiger partial charge is 0.311 e. The zero-order chi connectivity index (χ0) is 12.8. The second-order valence-electron chi connectivity index (χ2n) is 3.63. The Morgan fingerprint density at radius 2 is 2.35 bits per heavy atom. The third-order valence-electron chi connectivity index (χ3n) is 2.15. The minimum Gasteiger partial charge on any atom is -0.396 e. The van der Waals surface area contributed by atoms with Gasteiger partial charge in [0.05, 0.1) is 4.92 Å². The van der Waals surface area contributed by atoms with Crippen LogP contribution in [0.25, 0.3) is 0 Å². The Morgan fingerprint density at radius 1 is 1.65 bits per heavy atom. The number of anilines is 2. The van der Waals surface area contributed by atoms with Gasteiger partial charge in [-0.1, -0.05) is 6.92 Å². The number of hydrogen-bond donors (Lipinski definition) is 4. The Hall–Kier alpha value is -1.93. The summed E-state index contributed by atoms with van der Waals surface area (Å²) in [4.78, 5) is 14.2. The number of nitro groups is 1. The van der Waals surface area contributed by atoms with Crippen LogP contribution in [0.4, 0.5) is 17.3 Å². The Balaban J connectivity index is 2.89. The normalized spacial score (nSPS) is 11.9. The van der Waals surface area contributed by atoms with Gasteiger partial charge in [-0.15, -0.1) is 0 Å². The summed E-state index contributed by atoms with van der Waals surface area (Å²) in [5.41, 5.74) is 2.18. The van der Waals surface area contributed by atoms with Crippen LogP contribution in [0.5, 0.6) is 0 Å². The number of nitrogens with zero attached hydrogens (tertiary/aromatic N) is 2. The van der Waals surface area contributed by atoms with Crippen molar-refractivity contribution >= 4 is 17.3 Å². The average molecular weight is 241 g/mol. The molecule has 0 bridgehead atoms. The molecule has 8 heteroatoms. The van der Waals surface area contributed by atoms with E-state index in [0.717, 1.165) is 0 Å². The molecule has 17 heavy (non-hydrogen) atoms. The van der Waals surface area contributed by atoms with Crippen molar-refractivity contribution in [2.24, 2.45) is 11.8 Å². The molecule has 5 N–H and O–H groups in total. The fourth-order valence-electron chi connectivity index (χ4n) is 1.15. The van der Waals surface area contributed by atoms with E-state index in [1.807, 2.05) is 6.92 Å². The summed E-state index contributed by atoms with van der Waals surface area (Å²) in [6.07, 6.45) is 0. The lowest BCUT2D eigenvalue weighted by Crippen LogP contribution is -2.17. The molecule has 0 saturated carbocycles. The summed E-state index contributed by atoms with van der Waals surface area (Å²) in [6, 6.07) is 2.73. The summed E-state index contributed by atoms with van der Waals surface area (Å²) in [6.45, 7) is 2.19. The molecular weight excluding hydrogens is 226 g/mol. The monoisotopic (exact) mass is 241 g/mol. The van der Waals surface area contributed by atoms with Crippen molar-refractivity contribution in [3.05, 3.63) is 22.2 Å². The molecule has 0 saturated heterocycles. The highest BCUT2D eigenvalue weighted by Gasteiger charge is 2.16. The first-order valence-corrected chi connectivity index (χ1v) is 5.05. The molecule has 0 aliphatic rings. The number of aliphatic hydroxyl groups is 1. The van der Waals surface area contributed by atoms with Crippen molar-refractivity contribution in [3.8, 4) is 0 Å². The van der Waals surface area contributed by atoms with Gasteiger partial charge in [-0.3, -0.25) is 10.1 Å². The van der Waals surface area contributed by atoms with Crippen molar-refractivity contribution in [2.45, 2.75) is 6.92 Å². The minimum absolute atomic E-state index is 0.00434. The second-order valence-corrected chi connectivity index (χ2v) is 3.63. The first-order valence-electron chi connectivity index (χ1n) is 5.05. The van der Waals surface area contributed by atoms with Crippen LogP contribution in [-0.4, -0.2) is 28.2 Å². The third-order valence-corrected chi connectivity index (χ3v) is 2.15. The minimum atomic E-state index is -0.529. The fraction of sp³-hybridized carbons (Fsp3) is 0.444. The predicted octanol–water partition coefficient (Wildman–Crippen LogP) is 0.316. The number of nitrogens with one attached hydrogen (secondary N) is 2. The van der Waals surface area contributed by atoms with Crippen LogP contribution in [0, 0.1) is 16.0 Å². The molecule has 94 valence electrons. The van der Waals surface area contributed by atoms with Gasteiger partial charge < -0.3 is 15.8 Å². The lowest BCUT2D eigenvalue weighted by atomic mass is 10.2. The van der Waals surface area contributed by atoms with E-state index < -0.39 is 4.92 Å². The van der Waals surface area contributed by atoms with Gasteiger partial charge in [0, 0.05) is 19.2 Å². The third kappa shape index (κ3) is 3.54. The van der Waals surface area contributed by atoms with Crippen LogP contribution in [0.2, 0.25) is 0 Å². The zero-order valence-electron chi connectivity index (χ0n) is 9.38. The van der Waals surface area contributed by atoms with Gasteiger partial charge in [0.2, 0.25) is 5.82 Å². The zero-order valence-corrected chi connectivity index (χ0v) is 9.38. The van der Waals surface area contributed by atoms with E-state index in [1.165, 1.54) is 12.1 Å². The van der Waals surface area contributed by atoms with Crippen LogP contribution in [0.3, 0.4) is 0 Å². The Bertz CT molecular complexity index is 398. The number of hydrazine groups is 1. The summed E-state index contributed by atoms with van der Waals surface area (Å²) < 4.78 is 0. The fourth-order valence-corrected chi connectivity index (χ4v) is 1.15. The summed E-state index contributed by atoms with van der Waals surface area (Å²) in [5, 5.41) is 22.4. The van der Waals surface area contributed by atoms with Gasteiger partial charge in [-0.25, -0.2) is 10.8 Å². The molecule has 0 fully saturated rings. The van der Waals surface area contributed by atoms with Crippen LogP contribution < -0.4 is 16.6 Å². The van der Waals surface area contributed by atoms with E-state index in [0.29, 0.717) is 12.4 Å². The molecule has 1 atom stereocenters. The first kappa shape index (κ1) is 13.1. The Morgan fingerprint density at radius 3 is 2.88 bits per heavy atom.